The van der Waals surface area contributed by atoms with E-state index in [9.17, 15) is 9.59 Å². The Hall–Kier alpha value is -2.53. The van der Waals surface area contributed by atoms with Gasteiger partial charge in [-0.1, -0.05) is 17.7 Å². The topological polar surface area (TPSA) is 55.8 Å². The van der Waals surface area contributed by atoms with Gasteiger partial charge in [-0.3, -0.25) is 0 Å². The molecule has 1 saturated carbocycles. The molecule has 0 amide bonds. The Kier molecular flexibility index (Phi) is 6.09. The summed E-state index contributed by atoms with van der Waals surface area (Å²) < 4.78 is 11.4. The fraction of sp³-hybridized carbons (Fsp3) is 0.481. The van der Waals surface area contributed by atoms with Crippen LogP contribution in [-0.2, 0) is 21.4 Å². The second-order valence-electron chi connectivity index (χ2n) is 9.78. The maximum absolute atomic E-state index is 12.3. The summed E-state index contributed by atoms with van der Waals surface area (Å²) in [6.45, 7) is 2.25. The van der Waals surface area contributed by atoms with E-state index in [0.29, 0.717) is 30.4 Å². The van der Waals surface area contributed by atoms with Crippen LogP contribution in [0.2, 0.25) is 5.02 Å². The number of halogens is 1. The Bertz CT molecular complexity index is 1070. The number of aryl methyl sites for hydroxylation is 1. The first-order valence-electron chi connectivity index (χ1n) is 11.9. The number of ether oxygens (including phenoxy) is 2. The quantitative estimate of drug-likeness (QED) is 0.446. The molecule has 2 aromatic rings. The number of rotatable bonds is 5. The summed E-state index contributed by atoms with van der Waals surface area (Å²) >= 11 is 6.33. The Morgan fingerprint density at radius 1 is 1.24 bits per heavy atom. The average Bonchev–Trinajstić information content (AvgIpc) is 2.97. The molecule has 2 aliphatic carbocycles. The predicted octanol–water partition coefficient (Wildman–Crippen LogP) is 5.21. The molecule has 1 spiro atoms. The number of carbonyl (C=O) groups excluding carboxylic acids is 2. The number of methoxy groups -OCH3 is 1. The van der Waals surface area contributed by atoms with Crippen molar-refractivity contribution in [1.82, 2.24) is 0 Å². The largest absolute Gasteiger partial charge is 0.490 e. The molecule has 1 unspecified atom stereocenters. The van der Waals surface area contributed by atoms with Crippen molar-refractivity contribution in [3.63, 3.8) is 0 Å². The van der Waals surface area contributed by atoms with Crippen molar-refractivity contribution in [2.24, 2.45) is 11.8 Å². The van der Waals surface area contributed by atoms with E-state index >= 15 is 0 Å². The van der Waals surface area contributed by atoms with Crippen LogP contribution in [0.1, 0.15) is 53.6 Å². The van der Waals surface area contributed by atoms with Crippen LogP contribution < -0.4 is 9.64 Å². The Morgan fingerprint density at radius 3 is 2.85 bits per heavy atom. The van der Waals surface area contributed by atoms with E-state index in [2.05, 4.69) is 17.0 Å². The molecule has 0 aromatic heterocycles. The van der Waals surface area contributed by atoms with Gasteiger partial charge in [0.2, 0.25) is 0 Å². The van der Waals surface area contributed by atoms with Gasteiger partial charge in [0.05, 0.1) is 25.0 Å². The van der Waals surface area contributed by atoms with E-state index in [0.717, 1.165) is 67.9 Å². The normalized spacial score (nSPS) is 25.8. The number of carbonyl (C=O) groups is 2. The minimum Gasteiger partial charge on any atom is -0.490 e. The first-order chi connectivity index (χ1) is 16.0. The molecule has 1 fully saturated rings. The van der Waals surface area contributed by atoms with Gasteiger partial charge < -0.3 is 19.2 Å². The van der Waals surface area contributed by atoms with E-state index < -0.39 is 0 Å². The van der Waals surface area contributed by atoms with Gasteiger partial charge in [0.15, 0.2) is 0 Å². The zero-order chi connectivity index (χ0) is 23.0. The molecule has 5 rings (SSSR count). The number of hydrogen-bond donors (Lipinski definition) is 0. The van der Waals surface area contributed by atoms with Crippen molar-refractivity contribution in [2.75, 3.05) is 31.7 Å². The van der Waals surface area contributed by atoms with Crippen LogP contribution in [0.3, 0.4) is 0 Å². The molecule has 0 bridgehead atoms. The first kappa shape index (κ1) is 22.3. The summed E-state index contributed by atoms with van der Waals surface area (Å²) in [5, 5.41) is 0.773. The molecule has 1 aliphatic heterocycles. The standard InChI is InChI=1S/C27H30ClNO4/c1-32-26(31)20-6-9-25-24(14-20)29(15-21-5-4-18(21)10-12-30)16-27(17-33-25)11-2-3-19-13-22(28)7-8-23(19)27/h6-9,12-14,18,21H,2-5,10-11,15-17H2,1H3/t18-,21-,27?/m0/s1. The van der Waals surface area contributed by atoms with Crippen molar-refractivity contribution in [1.29, 1.82) is 0 Å². The average molecular weight is 468 g/mol. The Balaban J connectivity index is 1.54. The van der Waals surface area contributed by atoms with Crippen LogP contribution in [0, 0.1) is 11.8 Å². The summed E-state index contributed by atoms with van der Waals surface area (Å²) in [5.74, 6) is 1.35. The van der Waals surface area contributed by atoms with Gasteiger partial charge in [-0.05, 0) is 85.4 Å². The fourth-order valence-corrected chi connectivity index (χ4v) is 6.15. The first-order valence-corrected chi connectivity index (χ1v) is 12.2. The third kappa shape index (κ3) is 4.12. The van der Waals surface area contributed by atoms with Gasteiger partial charge in [0.25, 0.3) is 0 Å². The van der Waals surface area contributed by atoms with Crippen molar-refractivity contribution in [2.45, 2.75) is 43.9 Å². The van der Waals surface area contributed by atoms with Crippen molar-refractivity contribution in [3.8, 4) is 5.75 Å². The highest BCUT2D eigenvalue weighted by Gasteiger charge is 2.43. The van der Waals surface area contributed by atoms with E-state index in [4.69, 9.17) is 21.1 Å². The monoisotopic (exact) mass is 467 g/mol. The Morgan fingerprint density at radius 2 is 2.09 bits per heavy atom. The molecule has 5 nitrogen and oxygen atoms in total. The van der Waals surface area contributed by atoms with E-state index in [1.165, 1.54) is 18.2 Å². The van der Waals surface area contributed by atoms with E-state index in [1.54, 1.807) is 6.07 Å². The molecular formula is C27H30ClNO4. The van der Waals surface area contributed by atoms with Crippen LogP contribution in [0.15, 0.2) is 36.4 Å². The molecule has 3 aliphatic rings. The van der Waals surface area contributed by atoms with Gasteiger partial charge >= 0.3 is 5.97 Å². The summed E-state index contributed by atoms with van der Waals surface area (Å²) in [4.78, 5) is 25.8. The second-order valence-corrected chi connectivity index (χ2v) is 10.2. The predicted molar refractivity (Wildman–Crippen MR) is 128 cm³/mol. The number of hydrogen-bond acceptors (Lipinski definition) is 5. The molecular weight excluding hydrogens is 438 g/mol. The third-order valence-corrected chi connectivity index (χ3v) is 8.12. The van der Waals surface area contributed by atoms with Crippen molar-refractivity contribution >= 4 is 29.5 Å². The van der Waals surface area contributed by atoms with Crippen molar-refractivity contribution < 1.29 is 19.1 Å². The van der Waals surface area contributed by atoms with Crippen molar-refractivity contribution in [3.05, 3.63) is 58.1 Å². The highest BCUT2D eigenvalue weighted by molar-refractivity contribution is 6.30. The SMILES string of the molecule is COC(=O)c1ccc2c(c1)N(C[C@@H]1CC[C@H]1CC=O)CC1(CCCc3cc(Cl)ccc31)CO2. The molecule has 1 heterocycles. The minimum atomic E-state index is -0.350. The summed E-state index contributed by atoms with van der Waals surface area (Å²) in [6.07, 6.45) is 7.06. The van der Waals surface area contributed by atoms with E-state index in [1.807, 2.05) is 18.2 Å². The molecule has 174 valence electrons. The number of esters is 1. The smallest absolute Gasteiger partial charge is 0.337 e. The second kappa shape index (κ2) is 9.02. The zero-order valence-electron chi connectivity index (χ0n) is 19.0. The number of anilines is 1. The molecule has 6 heteroatoms. The van der Waals surface area contributed by atoms with Gasteiger partial charge in [-0.25, -0.2) is 4.79 Å². The Labute approximate surface area is 200 Å². The fourth-order valence-electron chi connectivity index (χ4n) is 5.95. The van der Waals surface area contributed by atoms with Gasteiger partial charge in [0.1, 0.15) is 12.0 Å². The van der Waals surface area contributed by atoms with Crippen LogP contribution in [-0.4, -0.2) is 39.1 Å². The van der Waals surface area contributed by atoms with Crippen LogP contribution >= 0.6 is 11.6 Å². The summed E-state index contributed by atoms with van der Waals surface area (Å²) in [6, 6.07) is 11.8. The van der Waals surface area contributed by atoms with Crippen LogP contribution in [0.5, 0.6) is 5.75 Å². The number of nitrogens with zero attached hydrogens (tertiary/aromatic N) is 1. The summed E-state index contributed by atoms with van der Waals surface area (Å²) in [5.41, 5.74) is 3.94. The minimum absolute atomic E-state index is 0.146. The molecule has 33 heavy (non-hydrogen) atoms. The van der Waals surface area contributed by atoms with Gasteiger partial charge in [-0.2, -0.15) is 0 Å². The van der Waals surface area contributed by atoms with E-state index in [-0.39, 0.29) is 11.4 Å². The lowest BCUT2D eigenvalue weighted by molar-refractivity contribution is -0.109. The number of benzene rings is 2. The lowest BCUT2D eigenvalue weighted by Crippen LogP contribution is -2.48. The number of aldehydes is 1. The zero-order valence-corrected chi connectivity index (χ0v) is 19.8. The van der Waals surface area contributed by atoms with Crippen LogP contribution in [0.4, 0.5) is 5.69 Å². The lowest BCUT2D eigenvalue weighted by atomic mass is 9.69. The van der Waals surface area contributed by atoms with Gasteiger partial charge in [-0.15, -0.1) is 0 Å². The lowest BCUT2D eigenvalue weighted by Gasteiger charge is -2.44. The summed E-state index contributed by atoms with van der Waals surface area (Å²) in [7, 11) is 1.40. The third-order valence-electron chi connectivity index (χ3n) is 7.89. The van der Waals surface area contributed by atoms with Crippen LogP contribution in [0.25, 0.3) is 0 Å². The molecule has 3 atom stereocenters. The maximum Gasteiger partial charge on any atom is 0.337 e. The molecule has 0 saturated heterocycles. The van der Waals surface area contributed by atoms with Gasteiger partial charge in [0, 0.05) is 29.9 Å². The molecule has 0 radical (unpaired) electrons. The maximum atomic E-state index is 12.3. The highest BCUT2D eigenvalue weighted by Crippen LogP contribution is 2.46. The molecule has 2 aromatic carbocycles. The molecule has 0 N–H and O–H groups in total. The number of fused-ring (bicyclic) bond motifs is 3. The highest BCUT2D eigenvalue weighted by atomic mass is 35.5.